The van der Waals surface area contributed by atoms with Gasteiger partial charge in [0.2, 0.25) is 0 Å². The van der Waals surface area contributed by atoms with E-state index in [2.05, 4.69) is 20.8 Å². The lowest BCUT2D eigenvalue weighted by Crippen LogP contribution is -2.48. The molecule has 1 aliphatic heterocycles. The molecular formula is C17H30O6. The zero-order valence-electron chi connectivity index (χ0n) is 15.0. The van der Waals surface area contributed by atoms with Crippen LogP contribution in [-0.4, -0.2) is 43.7 Å². The SMILES string of the molecule is CCOC(=O)CC(C)O[C@H]1OC(COC(C)=O)[C@@H](C)[C@H](C)C1C. The monoisotopic (exact) mass is 330 g/mol. The van der Waals surface area contributed by atoms with Gasteiger partial charge in [0.15, 0.2) is 6.29 Å². The molecule has 6 nitrogen and oxygen atoms in total. The second-order valence-electron chi connectivity index (χ2n) is 6.38. The van der Waals surface area contributed by atoms with Crippen LogP contribution < -0.4 is 0 Å². The normalized spacial score (nSPS) is 32.2. The van der Waals surface area contributed by atoms with Crippen molar-refractivity contribution in [3.8, 4) is 0 Å². The van der Waals surface area contributed by atoms with Gasteiger partial charge in [0, 0.05) is 12.8 Å². The van der Waals surface area contributed by atoms with Gasteiger partial charge in [0.05, 0.1) is 25.2 Å². The van der Waals surface area contributed by atoms with Crippen molar-refractivity contribution in [2.45, 2.75) is 66.5 Å². The van der Waals surface area contributed by atoms with E-state index in [1.807, 2.05) is 6.92 Å². The Kier molecular flexibility index (Phi) is 7.99. The molecule has 0 aromatic rings. The largest absolute Gasteiger partial charge is 0.466 e. The summed E-state index contributed by atoms with van der Waals surface area (Å²) < 4.78 is 21.9. The van der Waals surface area contributed by atoms with E-state index in [0.29, 0.717) is 12.5 Å². The van der Waals surface area contributed by atoms with E-state index >= 15 is 0 Å². The Morgan fingerprint density at radius 2 is 1.74 bits per heavy atom. The minimum Gasteiger partial charge on any atom is -0.466 e. The summed E-state index contributed by atoms with van der Waals surface area (Å²) in [5.74, 6) is 0.193. The number of hydrogen-bond acceptors (Lipinski definition) is 6. The number of rotatable bonds is 7. The van der Waals surface area contributed by atoms with E-state index in [0.717, 1.165) is 0 Å². The van der Waals surface area contributed by atoms with Gasteiger partial charge in [0.1, 0.15) is 6.61 Å². The third-order valence-corrected chi connectivity index (χ3v) is 4.56. The van der Waals surface area contributed by atoms with Crippen molar-refractivity contribution in [2.24, 2.45) is 17.8 Å². The van der Waals surface area contributed by atoms with Crippen LogP contribution in [0.15, 0.2) is 0 Å². The summed E-state index contributed by atoms with van der Waals surface area (Å²) in [5, 5.41) is 0. The van der Waals surface area contributed by atoms with E-state index in [-0.39, 0.29) is 49.0 Å². The fourth-order valence-electron chi connectivity index (χ4n) is 2.76. The molecule has 0 N–H and O–H groups in total. The third-order valence-electron chi connectivity index (χ3n) is 4.56. The zero-order chi connectivity index (χ0) is 17.6. The molecule has 0 aromatic carbocycles. The Labute approximate surface area is 138 Å². The van der Waals surface area contributed by atoms with Crippen LogP contribution in [0, 0.1) is 17.8 Å². The highest BCUT2D eigenvalue weighted by Gasteiger charge is 2.40. The molecule has 1 aliphatic rings. The lowest BCUT2D eigenvalue weighted by Gasteiger charge is -2.43. The molecule has 0 radical (unpaired) electrons. The van der Waals surface area contributed by atoms with Gasteiger partial charge in [-0.2, -0.15) is 0 Å². The van der Waals surface area contributed by atoms with Crippen LogP contribution in [0.1, 0.15) is 48.0 Å². The number of carbonyl (C=O) groups excluding carboxylic acids is 2. The van der Waals surface area contributed by atoms with Gasteiger partial charge in [-0.25, -0.2) is 0 Å². The summed E-state index contributed by atoms with van der Waals surface area (Å²) in [5.41, 5.74) is 0. The first-order valence-electron chi connectivity index (χ1n) is 8.36. The molecular weight excluding hydrogens is 300 g/mol. The van der Waals surface area contributed by atoms with Gasteiger partial charge in [0.25, 0.3) is 0 Å². The highest BCUT2D eigenvalue weighted by Crippen LogP contribution is 2.36. The van der Waals surface area contributed by atoms with E-state index in [9.17, 15) is 9.59 Å². The predicted molar refractivity (Wildman–Crippen MR) is 84.6 cm³/mol. The molecule has 1 rings (SSSR count). The Hall–Kier alpha value is -1.14. The summed E-state index contributed by atoms with van der Waals surface area (Å²) >= 11 is 0. The maximum atomic E-state index is 11.5. The summed E-state index contributed by atoms with van der Waals surface area (Å²) in [6.07, 6.45) is -0.730. The van der Waals surface area contributed by atoms with E-state index < -0.39 is 6.29 Å². The molecule has 6 atom stereocenters. The van der Waals surface area contributed by atoms with Gasteiger partial charge in [-0.3, -0.25) is 9.59 Å². The summed E-state index contributed by atoms with van der Waals surface area (Å²) in [4.78, 5) is 22.6. The minimum absolute atomic E-state index is 0.184. The Morgan fingerprint density at radius 3 is 2.30 bits per heavy atom. The maximum absolute atomic E-state index is 11.5. The Morgan fingerprint density at radius 1 is 1.09 bits per heavy atom. The van der Waals surface area contributed by atoms with Gasteiger partial charge in [-0.1, -0.05) is 20.8 Å². The van der Waals surface area contributed by atoms with Crippen molar-refractivity contribution < 1.29 is 28.5 Å². The van der Waals surface area contributed by atoms with Crippen LogP contribution in [0.2, 0.25) is 0 Å². The first-order valence-corrected chi connectivity index (χ1v) is 8.36. The average molecular weight is 330 g/mol. The quantitative estimate of drug-likeness (QED) is 0.668. The molecule has 1 heterocycles. The van der Waals surface area contributed by atoms with Crippen LogP contribution >= 0.6 is 0 Å². The summed E-state index contributed by atoms with van der Waals surface area (Å²) in [6.45, 7) is 11.9. The highest BCUT2D eigenvalue weighted by atomic mass is 16.7. The van der Waals surface area contributed by atoms with Crippen molar-refractivity contribution in [1.82, 2.24) is 0 Å². The molecule has 0 aliphatic carbocycles. The fourth-order valence-corrected chi connectivity index (χ4v) is 2.76. The van der Waals surface area contributed by atoms with Crippen molar-refractivity contribution in [2.75, 3.05) is 13.2 Å². The fraction of sp³-hybridized carbons (Fsp3) is 0.882. The van der Waals surface area contributed by atoms with E-state index in [1.165, 1.54) is 6.92 Å². The lowest BCUT2D eigenvalue weighted by molar-refractivity contribution is -0.268. The Balaban J connectivity index is 2.61. The van der Waals surface area contributed by atoms with Crippen molar-refractivity contribution in [1.29, 1.82) is 0 Å². The van der Waals surface area contributed by atoms with Gasteiger partial charge in [-0.05, 0) is 25.7 Å². The van der Waals surface area contributed by atoms with Crippen LogP contribution in [-0.2, 0) is 28.5 Å². The predicted octanol–water partition coefficient (Wildman–Crippen LogP) is 2.54. The molecule has 0 amide bonds. The molecule has 3 unspecified atom stereocenters. The molecule has 0 spiro atoms. The molecule has 0 bridgehead atoms. The molecule has 0 saturated carbocycles. The molecule has 0 aromatic heterocycles. The van der Waals surface area contributed by atoms with Gasteiger partial charge in [-0.15, -0.1) is 0 Å². The molecule has 23 heavy (non-hydrogen) atoms. The van der Waals surface area contributed by atoms with Gasteiger partial charge < -0.3 is 18.9 Å². The van der Waals surface area contributed by atoms with E-state index in [4.69, 9.17) is 18.9 Å². The number of ether oxygens (including phenoxy) is 4. The number of hydrogen-bond donors (Lipinski definition) is 0. The molecule has 134 valence electrons. The molecule has 1 fully saturated rings. The third kappa shape index (κ3) is 6.11. The standard InChI is InChI=1S/C17H30O6/c1-7-20-16(19)8-10(2)22-17-13(5)11(3)12(4)15(23-17)9-21-14(6)18/h10-13,15,17H,7-9H2,1-6H3/t10?,11-,12-,13?,15?,17-/m0/s1. The first-order chi connectivity index (χ1) is 10.8. The maximum Gasteiger partial charge on any atom is 0.308 e. The highest BCUT2D eigenvalue weighted by molar-refractivity contribution is 5.69. The van der Waals surface area contributed by atoms with Crippen molar-refractivity contribution >= 4 is 11.9 Å². The summed E-state index contributed by atoms with van der Waals surface area (Å²) in [7, 11) is 0. The lowest BCUT2D eigenvalue weighted by atomic mass is 9.79. The summed E-state index contributed by atoms with van der Waals surface area (Å²) in [6, 6.07) is 0. The second kappa shape index (κ2) is 9.23. The van der Waals surface area contributed by atoms with Crippen LogP contribution in [0.3, 0.4) is 0 Å². The molecule has 6 heteroatoms. The smallest absolute Gasteiger partial charge is 0.308 e. The topological polar surface area (TPSA) is 71.1 Å². The average Bonchev–Trinajstić information content (AvgIpc) is 2.46. The second-order valence-corrected chi connectivity index (χ2v) is 6.38. The molecule has 1 saturated heterocycles. The van der Waals surface area contributed by atoms with E-state index in [1.54, 1.807) is 6.92 Å². The minimum atomic E-state index is -0.425. The number of esters is 2. The van der Waals surface area contributed by atoms with Crippen LogP contribution in [0.5, 0.6) is 0 Å². The van der Waals surface area contributed by atoms with Gasteiger partial charge >= 0.3 is 11.9 Å². The van der Waals surface area contributed by atoms with Crippen LogP contribution in [0.25, 0.3) is 0 Å². The zero-order valence-corrected chi connectivity index (χ0v) is 15.0. The van der Waals surface area contributed by atoms with Crippen molar-refractivity contribution in [3.63, 3.8) is 0 Å². The van der Waals surface area contributed by atoms with Crippen LogP contribution in [0.4, 0.5) is 0 Å². The first kappa shape index (κ1) is 19.9. The number of carbonyl (C=O) groups is 2. The Bertz CT molecular complexity index is 397. The van der Waals surface area contributed by atoms with Crippen molar-refractivity contribution in [3.05, 3.63) is 0 Å².